The molecule has 2 aromatic heterocycles. The van der Waals surface area contributed by atoms with Gasteiger partial charge in [0.1, 0.15) is 9.84 Å². The van der Waals surface area contributed by atoms with Gasteiger partial charge in [-0.25, -0.2) is 8.42 Å². The van der Waals surface area contributed by atoms with Gasteiger partial charge in [-0.1, -0.05) is 5.16 Å². The minimum absolute atomic E-state index is 0.0639. The molecule has 2 aromatic rings. The van der Waals surface area contributed by atoms with Crippen LogP contribution in [0.25, 0.3) is 0 Å². The van der Waals surface area contributed by atoms with Crippen molar-refractivity contribution in [3.8, 4) is 0 Å². The number of alkyl halides is 3. The summed E-state index contributed by atoms with van der Waals surface area (Å²) in [5.74, 6) is 0.0992. The first kappa shape index (κ1) is 18.4. The van der Waals surface area contributed by atoms with Gasteiger partial charge in [-0.3, -0.25) is 4.98 Å². The van der Waals surface area contributed by atoms with E-state index in [4.69, 9.17) is 4.52 Å². The number of halogens is 3. The second kappa shape index (κ2) is 6.15. The molecule has 0 fully saturated rings. The first-order valence-corrected chi connectivity index (χ1v) is 9.00. The Morgan fingerprint density at radius 1 is 1.25 bits per heavy atom. The maximum Gasteiger partial charge on any atom is 0.416 e. The predicted molar refractivity (Wildman–Crippen MR) is 79.1 cm³/mol. The smallest absolute Gasteiger partial charge is 0.338 e. The van der Waals surface area contributed by atoms with Crippen molar-refractivity contribution in [3.05, 3.63) is 41.3 Å². The monoisotopic (exact) mass is 363 g/mol. The quantitative estimate of drug-likeness (QED) is 0.811. The Morgan fingerprint density at radius 3 is 2.50 bits per heavy atom. The van der Waals surface area contributed by atoms with E-state index in [1.54, 1.807) is 13.8 Å². The molecule has 0 radical (unpaired) electrons. The van der Waals surface area contributed by atoms with E-state index in [9.17, 15) is 21.6 Å². The van der Waals surface area contributed by atoms with Gasteiger partial charge in [-0.2, -0.15) is 18.2 Å². The number of hydrogen-bond donors (Lipinski definition) is 0. The third kappa shape index (κ3) is 4.31. The third-order valence-corrected chi connectivity index (χ3v) is 4.37. The molecule has 0 saturated heterocycles. The zero-order valence-corrected chi connectivity index (χ0v) is 14.1. The first-order valence-electron chi connectivity index (χ1n) is 6.94. The maximum atomic E-state index is 12.8. The molecule has 0 bridgehead atoms. The van der Waals surface area contributed by atoms with Crippen LogP contribution in [0.2, 0.25) is 0 Å². The highest BCUT2D eigenvalue weighted by Crippen LogP contribution is 2.34. The predicted octanol–water partition coefficient (Wildman–Crippen LogP) is 2.40. The van der Waals surface area contributed by atoms with Gasteiger partial charge < -0.3 is 4.52 Å². The summed E-state index contributed by atoms with van der Waals surface area (Å²) in [6.07, 6.45) is -2.26. The lowest BCUT2D eigenvalue weighted by Gasteiger charge is -2.20. The SMILES string of the molecule is CC(C)(c1cc(C(F)(F)F)ccn1)c1nc(CCS(C)(=O)=O)no1. The third-order valence-electron chi connectivity index (χ3n) is 3.43. The molecule has 10 heteroatoms. The van der Waals surface area contributed by atoms with E-state index in [1.807, 2.05) is 0 Å². The van der Waals surface area contributed by atoms with Crippen molar-refractivity contribution in [3.63, 3.8) is 0 Å². The molecule has 24 heavy (non-hydrogen) atoms. The molecular formula is C14H16F3N3O3S. The fraction of sp³-hybridized carbons (Fsp3) is 0.500. The van der Waals surface area contributed by atoms with Gasteiger partial charge in [0.2, 0.25) is 5.89 Å². The molecular weight excluding hydrogens is 347 g/mol. The highest BCUT2D eigenvalue weighted by atomic mass is 32.2. The van der Waals surface area contributed by atoms with Gasteiger partial charge in [-0.15, -0.1) is 0 Å². The van der Waals surface area contributed by atoms with Crippen LogP contribution >= 0.6 is 0 Å². The van der Waals surface area contributed by atoms with Crippen molar-refractivity contribution in [2.24, 2.45) is 0 Å². The standard InChI is InChI=1S/C14H16F3N3O3S/c1-13(2,10-8-9(4-6-18-10)14(15,16)17)12-19-11(20-23-12)5-7-24(3,21)22/h4,6,8H,5,7H2,1-3H3. The Morgan fingerprint density at radius 2 is 1.92 bits per heavy atom. The number of hydrogen-bond acceptors (Lipinski definition) is 6. The second-order valence-corrected chi connectivity index (χ2v) is 8.21. The van der Waals surface area contributed by atoms with E-state index in [0.717, 1.165) is 24.6 Å². The van der Waals surface area contributed by atoms with Crippen molar-refractivity contribution >= 4 is 9.84 Å². The molecule has 132 valence electrons. The second-order valence-electron chi connectivity index (χ2n) is 5.95. The Hall–Kier alpha value is -1.97. The van der Waals surface area contributed by atoms with Crippen LogP contribution in [-0.2, 0) is 27.8 Å². The molecule has 0 aliphatic heterocycles. The van der Waals surface area contributed by atoms with Crippen LogP contribution in [-0.4, -0.2) is 35.6 Å². The molecule has 0 atom stereocenters. The van der Waals surface area contributed by atoms with Crippen LogP contribution in [0.3, 0.4) is 0 Å². The summed E-state index contributed by atoms with van der Waals surface area (Å²) in [6, 6.07) is 1.81. The Bertz CT molecular complexity index is 829. The molecule has 6 nitrogen and oxygen atoms in total. The van der Waals surface area contributed by atoms with Gasteiger partial charge in [0.15, 0.2) is 5.82 Å². The number of nitrogens with zero attached hydrogens (tertiary/aromatic N) is 3. The molecule has 0 aliphatic rings. The highest BCUT2D eigenvalue weighted by Gasteiger charge is 2.36. The molecule has 0 N–H and O–H groups in total. The van der Waals surface area contributed by atoms with E-state index in [0.29, 0.717) is 0 Å². The van der Waals surface area contributed by atoms with Crippen molar-refractivity contribution in [2.75, 3.05) is 12.0 Å². The zero-order chi connectivity index (χ0) is 18.2. The van der Waals surface area contributed by atoms with Crippen LogP contribution < -0.4 is 0 Å². The lowest BCUT2D eigenvalue weighted by Crippen LogP contribution is -2.22. The average Bonchev–Trinajstić information content (AvgIpc) is 2.93. The number of rotatable bonds is 5. The summed E-state index contributed by atoms with van der Waals surface area (Å²) in [6.45, 7) is 3.20. The molecule has 0 aliphatic carbocycles. The van der Waals surface area contributed by atoms with Crippen molar-refractivity contribution in [1.29, 1.82) is 0 Å². The summed E-state index contributed by atoms with van der Waals surface area (Å²) in [4.78, 5) is 8.06. The van der Waals surface area contributed by atoms with E-state index in [2.05, 4.69) is 15.1 Å². The minimum atomic E-state index is -4.48. The fourth-order valence-corrected chi connectivity index (χ4v) is 2.50. The lowest BCUT2D eigenvalue weighted by molar-refractivity contribution is -0.137. The molecule has 0 unspecified atom stereocenters. The number of aromatic nitrogens is 3. The Kier molecular flexibility index (Phi) is 4.71. The normalized spacial score (nSPS) is 13.2. The number of aryl methyl sites for hydroxylation is 1. The number of pyridine rings is 1. The molecule has 2 heterocycles. The summed E-state index contributed by atoms with van der Waals surface area (Å²) in [5.41, 5.74) is -1.76. The topological polar surface area (TPSA) is 86.0 Å². The van der Waals surface area contributed by atoms with Crippen molar-refractivity contribution < 1.29 is 26.1 Å². The van der Waals surface area contributed by atoms with E-state index >= 15 is 0 Å². The van der Waals surface area contributed by atoms with Gasteiger partial charge in [-0.05, 0) is 26.0 Å². The van der Waals surface area contributed by atoms with Crippen molar-refractivity contribution in [2.45, 2.75) is 31.9 Å². The van der Waals surface area contributed by atoms with Gasteiger partial charge in [0, 0.05) is 18.9 Å². The largest absolute Gasteiger partial charge is 0.416 e. The Labute approximate surface area is 137 Å². The summed E-state index contributed by atoms with van der Waals surface area (Å²) >= 11 is 0. The highest BCUT2D eigenvalue weighted by molar-refractivity contribution is 7.90. The van der Waals surface area contributed by atoms with E-state index < -0.39 is 27.0 Å². The molecule has 0 aromatic carbocycles. The molecule has 0 saturated carbocycles. The van der Waals surface area contributed by atoms with Gasteiger partial charge in [0.25, 0.3) is 0 Å². The van der Waals surface area contributed by atoms with Crippen LogP contribution in [0.15, 0.2) is 22.9 Å². The van der Waals surface area contributed by atoms with Crippen LogP contribution in [0.4, 0.5) is 13.2 Å². The van der Waals surface area contributed by atoms with Crippen LogP contribution in [0, 0.1) is 0 Å². The average molecular weight is 363 g/mol. The molecule has 0 amide bonds. The van der Waals surface area contributed by atoms with E-state index in [-0.39, 0.29) is 29.6 Å². The maximum absolute atomic E-state index is 12.8. The van der Waals surface area contributed by atoms with Crippen LogP contribution in [0.1, 0.15) is 36.8 Å². The summed E-state index contributed by atoms with van der Waals surface area (Å²) < 4.78 is 65.9. The fourth-order valence-electron chi connectivity index (χ4n) is 1.94. The Balaban J connectivity index is 2.29. The zero-order valence-electron chi connectivity index (χ0n) is 13.3. The lowest BCUT2D eigenvalue weighted by atomic mass is 9.88. The van der Waals surface area contributed by atoms with Gasteiger partial charge in [0.05, 0.1) is 22.4 Å². The van der Waals surface area contributed by atoms with E-state index in [1.165, 1.54) is 0 Å². The van der Waals surface area contributed by atoms with Gasteiger partial charge >= 0.3 is 6.18 Å². The first-order chi connectivity index (χ1) is 10.9. The summed E-state index contributed by atoms with van der Waals surface area (Å²) in [5, 5.41) is 3.68. The number of sulfone groups is 1. The van der Waals surface area contributed by atoms with Crippen molar-refractivity contribution in [1.82, 2.24) is 15.1 Å². The summed E-state index contributed by atoms with van der Waals surface area (Å²) in [7, 11) is -3.18. The van der Waals surface area contributed by atoms with Crippen LogP contribution in [0.5, 0.6) is 0 Å². The minimum Gasteiger partial charge on any atom is -0.338 e. The molecule has 2 rings (SSSR count). The molecule has 0 spiro atoms.